The van der Waals surface area contributed by atoms with E-state index < -0.39 is 17.3 Å². The summed E-state index contributed by atoms with van der Waals surface area (Å²) in [7, 11) is 1.22. The topological polar surface area (TPSA) is 84.5 Å². The van der Waals surface area contributed by atoms with E-state index in [2.05, 4.69) is 15.4 Å². The third-order valence-electron chi connectivity index (χ3n) is 2.62. The van der Waals surface area contributed by atoms with Crippen molar-refractivity contribution in [3.63, 3.8) is 0 Å². The highest BCUT2D eigenvalue weighted by Crippen LogP contribution is 2.20. The Morgan fingerprint density at radius 2 is 1.67 bits per heavy atom. The van der Waals surface area contributed by atoms with Gasteiger partial charge in [-0.25, -0.2) is 0 Å². The summed E-state index contributed by atoms with van der Waals surface area (Å²) >= 11 is 0. The first kappa shape index (κ1) is 16.7. The number of methoxy groups -OCH3 is 1. The van der Waals surface area contributed by atoms with Crippen LogP contribution in [0.2, 0.25) is 0 Å². The molecule has 0 fully saturated rings. The summed E-state index contributed by atoms with van der Waals surface area (Å²) in [5, 5.41) is 5.33. The highest BCUT2D eigenvalue weighted by atomic mass is 16.5. The van der Waals surface area contributed by atoms with E-state index >= 15 is 0 Å². The van der Waals surface area contributed by atoms with E-state index in [1.165, 1.54) is 7.11 Å². The van der Waals surface area contributed by atoms with Gasteiger partial charge >= 0.3 is 5.97 Å². The minimum absolute atomic E-state index is 0.125. The van der Waals surface area contributed by atoms with Crippen molar-refractivity contribution in [2.75, 3.05) is 17.7 Å². The summed E-state index contributed by atoms with van der Waals surface area (Å²) in [5.74, 6) is -1.20. The number of ether oxygens (including phenoxy) is 1. The van der Waals surface area contributed by atoms with Crippen molar-refractivity contribution in [1.82, 2.24) is 0 Å². The number of carbonyl (C=O) groups is 3. The van der Waals surface area contributed by atoms with Crippen molar-refractivity contribution in [2.45, 2.75) is 27.2 Å². The van der Waals surface area contributed by atoms with Crippen LogP contribution >= 0.6 is 0 Å². The predicted molar refractivity (Wildman–Crippen MR) is 79.8 cm³/mol. The second-order valence-electron chi connectivity index (χ2n) is 5.59. The van der Waals surface area contributed by atoms with Gasteiger partial charge in [0.1, 0.15) is 6.42 Å². The Labute approximate surface area is 123 Å². The molecule has 21 heavy (non-hydrogen) atoms. The largest absolute Gasteiger partial charge is 0.469 e. The molecule has 6 heteroatoms. The first-order valence-electron chi connectivity index (χ1n) is 6.50. The highest BCUT2D eigenvalue weighted by Gasteiger charge is 2.21. The summed E-state index contributed by atoms with van der Waals surface area (Å²) < 4.78 is 4.42. The number of hydrogen-bond donors (Lipinski definition) is 2. The summed E-state index contributed by atoms with van der Waals surface area (Å²) in [6, 6.07) is 6.71. The number of esters is 1. The number of nitrogens with one attached hydrogen (secondary N) is 2. The van der Waals surface area contributed by atoms with E-state index in [1.807, 2.05) is 20.8 Å². The maximum atomic E-state index is 11.9. The number of anilines is 2. The highest BCUT2D eigenvalue weighted by molar-refractivity contribution is 6.02. The van der Waals surface area contributed by atoms with Crippen LogP contribution in [0.3, 0.4) is 0 Å². The van der Waals surface area contributed by atoms with Crippen LogP contribution in [0.1, 0.15) is 27.2 Å². The van der Waals surface area contributed by atoms with Crippen LogP contribution in [0, 0.1) is 5.41 Å². The molecule has 0 aliphatic rings. The average Bonchev–Trinajstić information content (AvgIpc) is 2.37. The van der Waals surface area contributed by atoms with Crippen LogP contribution in [0.25, 0.3) is 0 Å². The molecule has 0 saturated carbocycles. The van der Waals surface area contributed by atoms with E-state index in [0.29, 0.717) is 11.4 Å². The van der Waals surface area contributed by atoms with Crippen molar-refractivity contribution in [3.8, 4) is 0 Å². The van der Waals surface area contributed by atoms with Crippen LogP contribution in [0.5, 0.6) is 0 Å². The summed E-state index contributed by atoms with van der Waals surface area (Å²) in [6.45, 7) is 5.43. The average molecular weight is 292 g/mol. The Hall–Kier alpha value is -2.37. The molecule has 0 bridgehead atoms. The van der Waals surface area contributed by atoms with Crippen LogP contribution < -0.4 is 10.6 Å². The third-order valence-corrected chi connectivity index (χ3v) is 2.62. The number of carbonyl (C=O) groups excluding carboxylic acids is 3. The molecule has 2 N–H and O–H groups in total. The van der Waals surface area contributed by atoms with Gasteiger partial charge in [0.25, 0.3) is 0 Å². The molecule has 0 aromatic heterocycles. The van der Waals surface area contributed by atoms with Gasteiger partial charge < -0.3 is 15.4 Å². The van der Waals surface area contributed by atoms with Crippen LogP contribution in [0.15, 0.2) is 24.3 Å². The van der Waals surface area contributed by atoms with E-state index in [9.17, 15) is 14.4 Å². The van der Waals surface area contributed by atoms with Crippen molar-refractivity contribution in [1.29, 1.82) is 0 Å². The Morgan fingerprint density at radius 1 is 1.10 bits per heavy atom. The second kappa shape index (κ2) is 6.88. The summed E-state index contributed by atoms with van der Waals surface area (Å²) in [5.41, 5.74) is 0.561. The minimum atomic E-state index is -0.607. The molecule has 2 amide bonds. The van der Waals surface area contributed by atoms with E-state index in [0.717, 1.165) is 0 Å². The zero-order chi connectivity index (χ0) is 16.0. The molecule has 114 valence electrons. The molecule has 0 saturated heterocycles. The maximum absolute atomic E-state index is 11.9. The molecule has 1 rings (SSSR count). The van der Waals surface area contributed by atoms with Gasteiger partial charge in [0.15, 0.2) is 0 Å². The molecule has 0 heterocycles. The molecular formula is C15H20N2O4. The number of amides is 2. The lowest BCUT2D eigenvalue weighted by Gasteiger charge is -2.18. The minimum Gasteiger partial charge on any atom is -0.469 e. The van der Waals surface area contributed by atoms with E-state index in [-0.39, 0.29) is 12.3 Å². The van der Waals surface area contributed by atoms with Gasteiger partial charge in [0, 0.05) is 16.8 Å². The Balaban J connectivity index is 2.71. The van der Waals surface area contributed by atoms with Crippen molar-refractivity contribution < 1.29 is 19.1 Å². The molecular weight excluding hydrogens is 272 g/mol. The summed E-state index contributed by atoms with van der Waals surface area (Å²) in [4.78, 5) is 34.5. The molecule has 0 spiro atoms. The first-order chi connectivity index (χ1) is 9.72. The van der Waals surface area contributed by atoms with Crippen LogP contribution in [-0.2, 0) is 19.1 Å². The maximum Gasteiger partial charge on any atom is 0.315 e. The SMILES string of the molecule is COC(=O)CC(=O)Nc1cccc(NC(=O)C(C)(C)C)c1. The fourth-order valence-electron chi connectivity index (χ4n) is 1.40. The van der Waals surface area contributed by atoms with Gasteiger partial charge in [-0.1, -0.05) is 26.8 Å². The first-order valence-corrected chi connectivity index (χ1v) is 6.50. The van der Waals surface area contributed by atoms with Crippen LogP contribution in [0.4, 0.5) is 11.4 Å². The lowest BCUT2D eigenvalue weighted by atomic mass is 9.95. The predicted octanol–water partition coefficient (Wildman–Crippen LogP) is 2.17. The fourth-order valence-corrected chi connectivity index (χ4v) is 1.40. The summed E-state index contributed by atoms with van der Waals surface area (Å²) in [6.07, 6.45) is -0.352. The fraction of sp³-hybridized carbons (Fsp3) is 0.400. The monoisotopic (exact) mass is 292 g/mol. The van der Waals surface area contributed by atoms with Crippen LogP contribution in [-0.4, -0.2) is 24.9 Å². The van der Waals surface area contributed by atoms with E-state index in [4.69, 9.17) is 0 Å². The standard InChI is InChI=1S/C15H20N2O4/c1-15(2,3)14(20)17-11-7-5-6-10(8-11)16-12(18)9-13(19)21-4/h5-8H,9H2,1-4H3,(H,16,18)(H,17,20). The van der Waals surface area contributed by atoms with Crippen molar-refractivity contribution in [3.05, 3.63) is 24.3 Å². The zero-order valence-corrected chi connectivity index (χ0v) is 12.6. The molecule has 0 radical (unpaired) electrons. The molecule has 6 nitrogen and oxygen atoms in total. The van der Waals surface area contributed by atoms with Gasteiger partial charge in [-0.3, -0.25) is 14.4 Å². The van der Waals surface area contributed by atoms with Gasteiger partial charge in [-0.15, -0.1) is 0 Å². The molecule has 1 aromatic rings. The molecule has 1 aromatic carbocycles. The normalized spacial score (nSPS) is 10.7. The smallest absolute Gasteiger partial charge is 0.315 e. The van der Waals surface area contributed by atoms with E-state index in [1.54, 1.807) is 24.3 Å². The Bertz CT molecular complexity index is 547. The Morgan fingerprint density at radius 3 is 2.19 bits per heavy atom. The number of hydrogen-bond acceptors (Lipinski definition) is 4. The van der Waals surface area contributed by atoms with Gasteiger partial charge in [-0.2, -0.15) is 0 Å². The van der Waals surface area contributed by atoms with Gasteiger partial charge in [-0.05, 0) is 18.2 Å². The van der Waals surface area contributed by atoms with Crippen molar-refractivity contribution in [2.24, 2.45) is 5.41 Å². The molecule has 0 aliphatic heterocycles. The quantitative estimate of drug-likeness (QED) is 0.658. The number of benzene rings is 1. The second-order valence-corrected chi connectivity index (χ2v) is 5.59. The number of rotatable bonds is 4. The lowest BCUT2D eigenvalue weighted by molar-refractivity contribution is -0.142. The third kappa shape index (κ3) is 5.64. The van der Waals surface area contributed by atoms with Gasteiger partial charge in [0.05, 0.1) is 7.11 Å². The molecule has 0 unspecified atom stereocenters. The van der Waals surface area contributed by atoms with Gasteiger partial charge in [0.2, 0.25) is 11.8 Å². The lowest BCUT2D eigenvalue weighted by Crippen LogP contribution is -2.27. The zero-order valence-electron chi connectivity index (χ0n) is 12.6. The Kier molecular flexibility index (Phi) is 5.46. The molecule has 0 atom stereocenters. The molecule has 0 aliphatic carbocycles. The van der Waals surface area contributed by atoms with Crippen molar-refractivity contribution >= 4 is 29.2 Å².